The molecule has 1 aromatic carbocycles. The Balaban J connectivity index is 2.11. The lowest BCUT2D eigenvalue weighted by molar-refractivity contribution is -0.142. The third-order valence-electron chi connectivity index (χ3n) is 14.4. The van der Waals surface area contributed by atoms with Gasteiger partial charge in [0, 0.05) is 23.5 Å². The van der Waals surface area contributed by atoms with E-state index in [9.17, 15) is 57.8 Å². The summed E-state index contributed by atoms with van der Waals surface area (Å²) < 4.78 is 0. The minimum Gasteiger partial charge on any atom is -0.480 e. The highest BCUT2D eigenvalue weighted by Crippen LogP contribution is 2.20. The van der Waals surface area contributed by atoms with Crippen molar-refractivity contribution < 1.29 is 57.8 Å². The van der Waals surface area contributed by atoms with E-state index in [4.69, 9.17) is 17.2 Å². The molecule has 8 atom stereocenters. The number of carboxylic acids is 1. The molecule has 0 bridgehead atoms. The number of aromatic amines is 1. The number of para-hydroxylation sites is 1. The number of aliphatic carboxylic acids is 1. The number of carboxylic acid groups (broad SMARTS) is 1. The van der Waals surface area contributed by atoms with Crippen molar-refractivity contribution in [1.82, 2.24) is 52.8 Å². The molecule has 0 spiro atoms. The third kappa shape index (κ3) is 29.1. The zero-order valence-corrected chi connectivity index (χ0v) is 49.6. The van der Waals surface area contributed by atoms with Crippen molar-refractivity contribution in [3.63, 3.8) is 0 Å². The normalized spacial score (nSPS) is 14.0. The van der Waals surface area contributed by atoms with Crippen molar-refractivity contribution in [2.45, 2.75) is 218 Å². The van der Waals surface area contributed by atoms with E-state index in [1.54, 1.807) is 13.8 Å². The number of fused-ring (bicyclic) bond motifs is 1. The molecule has 0 fully saturated rings. The molecular formula is C58H97N13O12. The number of primary amides is 1. The highest BCUT2D eigenvalue weighted by Gasteiger charge is 2.34. The SMILES string of the molecule is CCCCCCCCCCCCCC(=O)N[C@@H](CCc1c[nH]c2ccccc12)C(=O)NCC(=O)NCC(=O)N[C@H](C(=O)N[C@@H](CCCCN)C(=O)N[C@@H](CCCCN)C(=O)N[C@@H](C)C(=O)N[C@@H](CC(N)=O)C(=O)N[C@@H](C)C(=O)O)[C@@H](C)CC. The van der Waals surface area contributed by atoms with E-state index >= 15 is 0 Å². The number of unbranched alkanes of at least 4 members (excludes halogenated alkanes) is 12. The fraction of sp³-hybridized carbons (Fsp3) is 0.672. The summed E-state index contributed by atoms with van der Waals surface area (Å²) in [5.41, 5.74) is 18.6. The fourth-order valence-corrected chi connectivity index (χ4v) is 9.10. The van der Waals surface area contributed by atoms with Gasteiger partial charge in [0.05, 0.1) is 19.5 Å². The van der Waals surface area contributed by atoms with Crippen LogP contribution in [0.4, 0.5) is 0 Å². The van der Waals surface area contributed by atoms with Crippen LogP contribution in [0.1, 0.15) is 175 Å². The number of amides is 10. The molecule has 17 N–H and O–H groups in total. The Morgan fingerprint density at radius 1 is 0.518 bits per heavy atom. The summed E-state index contributed by atoms with van der Waals surface area (Å²) in [5.74, 6) is -9.37. The number of hydrogen-bond acceptors (Lipinski definition) is 13. The Labute approximate surface area is 488 Å². The van der Waals surface area contributed by atoms with Gasteiger partial charge in [-0.1, -0.05) is 110 Å². The summed E-state index contributed by atoms with van der Waals surface area (Å²) in [6.07, 6.45) is 16.8. The average molecular weight is 1170 g/mol. The van der Waals surface area contributed by atoms with Crippen LogP contribution in [0, 0.1) is 5.92 Å². The predicted octanol–water partition coefficient (Wildman–Crippen LogP) is 1.73. The van der Waals surface area contributed by atoms with Gasteiger partial charge < -0.3 is 75.1 Å². The second-order valence-electron chi connectivity index (χ2n) is 21.5. The largest absolute Gasteiger partial charge is 0.480 e. The fourth-order valence-electron chi connectivity index (χ4n) is 9.10. The predicted molar refractivity (Wildman–Crippen MR) is 315 cm³/mol. The van der Waals surface area contributed by atoms with E-state index in [2.05, 4.69) is 59.8 Å². The van der Waals surface area contributed by atoms with Gasteiger partial charge in [-0.3, -0.25) is 52.7 Å². The van der Waals surface area contributed by atoms with E-state index in [0.717, 1.165) is 35.7 Å². The molecule has 83 heavy (non-hydrogen) atoms. The first-order chi connectivity index (χ1) is 39.6. The molecule has 1 heterocycles. The molecule has 25 nitrogen and oxygen atoms in total. The minimum absolute atomic E-state index is 0.0514. The number of nitrogens with one attached hydrogen (secondary N) is 10. The van der Waals surface area contributed by atoms with Gasteiger partial charge in [0.2, 0.25) is 59.1 Å². The number of aryl methyl sites for hydroxylation is 1. The first-order valence-electron chi connectivity index (χ1n) is 29.8. The van der Waals surface area contributed by atoms with Gasteiger partial charge in [-0.05, 0) is 102 Å². The van der Waals surface area contributed by atoms with Crippen molar-refractivity contribution in [2.75, 3.05) is 26.2 Å². The van der Waals surface area contributed by atoms with Crippen LogP contribution in [0.3, 0.4) is 0 Å². The Morgan fingerprint density at radius 3 is 1.61 bits per heavy atom. The molecule has 10 amide bonds. The number of benzene rings is 1. The van der Waals surface area contributed by atoms with Gasteiger partial charge in [0.1, 0.15) is 42.3 Å². The summed E-state index contributed by atoms with van der Waals surface area (Å²) in [6.45, 7) is 7.61. The average Bonchev–Trinajstić information content (AvgIpc) is 4.03. The molecule has 25 heteroatoms. The Kier molecular flexibility index (Phi) is 35.5. The lowest BCUT2D eigenvalue weighted by atomic mass is 9.97. The molecule has 0 radical (unpaired) electrons. The summed E-state index contributed by atoms with van der Waals surface area (Å²) in [7, 11) is 0. The maximum absolute atomic E-state index is 14.1. The first-order valence-corrected chi connectivity index (χ1v) is 29.8. The lowest BCUT2D eigenvalue weighted by Gasteiger charge is -2.28. The highest BCUT2D eigenvalue weighted by atomic mass is 16.4. The summed E-state index contributed by atoms with van der Waals surface area (Å²) in [4.78, 5) is 147. The van der Waals surface area contributed by atoms with Crippen molar-refractivity contribution >= 4 is 75.9 Å². The third-order valence-corrected chi connectivity index (χ3v) is 14.4. The van der Waals surface area contributed by atoms with Crippen LogP contribution in [0.25, 0.3) is 10.9 Å². The lowest BCUT2D eigenvalue weighted by Crippen LogP contribution is -2.60. The number of carbonyl (C=O) groups is 11. The van der Waals surface area contributed by atoms with Crippen LogP contribution >= 0.6 is 0 Å². The first kappa shape index (κ1) is 72.0. The second kappa shape index (κ2) is 40.9. The van der Waals surface area contributed by atoms with E-state index in [-0.39, 0.29) is 44.7 Å². The van der Waals surface area contributed by atoms with Crippen molar-refractivity contribution in [2.24, 2.45) is 23.1 Å². The van der Waals surface area contributed by atoms with Crippen LogP contribution in [0.2, 0.25) is 0 Å². The number of hydrogen-bond donors (Lipinski definition) is 14. The highest BCUT2D eigenvalue weighted by molar-refractivity contribution is 5.98. The molecule has 0 aliphatic rings. The quantitative estimate of drug-likeness (QED) is 0.0420. The van der Waals surface area contributed by atoms with Crippen molar-refractivity contribution in [3.05, 3.63) is 36.0 Å². The number of carbonyl (C=O) groups excluding carboxylic acids is 10. The molecular weight excluding hydrogens is 1070 g/mol. The van der Waals surface area contributed by atoms with Crippen LogP contribution in [-0.2, 0) is 59.2 Å². The van der Waals surface area contributed by atoms with Crippen LogP contribution < -0.4 is 65.1 Å². The van der Waals surface area contributed by atoms with Gasteiger partial charge in [-0.2, -0.15) is 0 Å². The summed E-state index contributed by atoms with van der Waals surface area (Å²) in [6, 6.07) is -1.21. The van der Waals surface area contributed by atoms with E-state index in [1.807, 2.05) is 30.5 Å². The monoisotopic (exact) mass is 1170 g/mol. The van der Waals surface area contributed by atoms with Crippen LogP contribution in [0.5, 0.6) is 0 Å². The molecule has 0 aliphatic carbocycles. The van der Waals surface area contributed by atoms with Gasteiger partial charge in [-0.25, -0.2) is 0 Å². The molecule has 1 aromatic heterocycles. The van der Waals surface area contributed by atoms with Crippen LogP contribution in [0.15, 0.2) is 30.5 Å². The molecule has 2 rings (SSSR count). The maximum atomic E-state index is 14.1. The van der Waals surface area contributed by atoms with Gasteiger partial charge in [0.25, 0.3) is 0 Å². The van der Waals surface area contributed by atoms with E-state index in [0.29, 0.717) is 44.9 Å². The molecule has 0 saturated heterocycles. The van der Waals surface area contributed by atoms with Crippen molar-refractivity contribution in [1.29, 1.82) is 0 Å². The van der Waals surface area contributed by atoms with Crippen molar-refractivity contribution in [3.8, 4) is 0 Å². The molecule has 2 aromatic rings. The Hall–Kier alpha value is -7.15. The Morgan fingerprint density at radius 2 is 1.04 bits per heavy atom. The molecule has 0 aliphatic heterocycles. The standard InChI is InChI=1S/C58H97N13O12/c1-6-8-9-10-11-12-13-14-15-16-17-28-48(73)67-45(30-29-40-34-62-42-25-19-18-24-41(40)42)53(77)64-35-49(74)63-36-50(75)71-51(37(3)7-2)57(81)69-44(27-21-23-32-60)55(79)68-43(26-20-22-31-59)54(78)65-38(4)52(76)70-46(33-47(61)72)56(80)66-39(5)58(82)83/h18-19,24-25,34,37-39,43-46,51,62H,6-17,20-23,26-33,35-36,59-60H2,1-5H3,(H2,61,72)(H,63,74)(H,64,77)(H,65,78)(H,66,80)(H,67,73)(H,68,79)(H,69,81)(H,70,76)(H,71,75)(H,82,83)/t37-,38-,39-,43-,44-,45-,46-,51-/m0/s1. The number of H-pyrrole nitrogens is 1. The van der Waals surface area contributed by atoms with Gasteiger partial charge in [-0.15, -0.1) is 0 Å². The number of aromatic nitrogens is 1. The molecule has 0 saturated carbocycles. The maximum Gasteiger partial charge on any atom is 0.325 e. The zero-order chi connectivity index (χ0) is 61.7. The molecule has 0 unspecified atom stereocenters. The summed E-state index contributed by atoms with van der Waals surface area (Å²) in [5, 5.41) is 33.1. The minimum atomic E-state index is -1.58. The number of nitrogens with two attached hydrogens (primary N) is 3. The number of rotatable bonds is 45. The zero-order valence-electron chi connectivity index (χ0n) is 49.6. The van der Waals surface area contributed by atoms with Gasteiger partial charge in [0.15, 0.2) is 0 Å². The Bertz CT molecular complexity index is 2380. The van der Waals surface area contributed by atoms with E-state index < -0.39 is 127 Å². The van der Waals surface area contributed by atoms with Gasteiger partial charge >= 0.3 is 5.97 Å². The van der Waals surface area contributed by atoms with Crippen LogP contribution in [-0.4, -0.2) is 144 Å². The summed E-state index contributed by atoms with van der Waals surface area (Å²) >= 11 is 0. The molecule has 466 valence electrons. The second-order valence-corrected chi connectivity index (χ2v) is 21.5. The van der Waals surface area contributed by atoms with E-state index in [1.165, 1.54) is 58.8 Å². The topological polar surface area (TPSA) is 410 Å². The smallest absolute Gasteiger partial charge is 0.325 e.